The highest BCUT2D eigenvalue weighted by atomic mass is 16.2. The van der Waals surface area contributed by atoms with Crippen molar-refractivity contribution in [3.8, 4) is 0 Å². The minimum absolute atomic E-state index is 0.00715. The van der Waals surface area contributed by atoms with E-state index in [2.05, 4.69) is 10.2 Å². The molecule has 0 aliphatic carbocycles. The number of nitrogens with one attached hydrogen (secondary N) is 1. The summed E-state index contributed by atoms with van der Waals surface area (Å²) >= 11 is 0. The minimum atomic E-state index is 0.00715. The molecule has 15 heavy (non-hydrogen) atoms. The van der Waals surface area contributed by atoms with Crippen molar-refractivity contribution in [1.82, 2.24) is 10.2 Å². The van der Waals surface area contributed by atoms with Crippen LogP contribution in [0.5, 0.6) is 0 Å². The van der Waals surface area contributed by atoms with E-state index in [1.165, 1.54) is 6.42 Å². The number of carbonyl (C=O) groups is 1. The zero-order valence-electron chi connectivity index (χ0n) is 9.83. The Hall–Kier alpha value is -0.610. The molecule has 4 heteroatoms. The number of hydrogen-bond donors (Lipinski definition) is 2. The normalized spacial score (nSPS) is 24.1. The smallest absolute Gasteiger partial charge is 0.237 e. The van der Waals surface area contributed by atoms with Crippen molar-refractivity contribution in [2.24, 2.45) is 11.7 Å². The van der Waals surface area contributed by atoms with Gasteiger partial charge in [0, 0.05) is 13.1 Å². The van der Waals surface area contributed by atoms with Crippen molar-refractivity contribution >= 4 is 5.91 Å². The molecule has 0 bridgehead atoms. The number of nitrogens with zero attached hydrogens (tertiary/aromatic N) is 1. The number of likely N-dealkylation sites (tertiary alicyclic amines) is 1. The highest BCUT2D eigenvalue weighted by molar-refractivity contribution is 5.81. The second-order valence-corrected chi connectivity index (χ2v) is 4.30. The predicted molar refractivity (Wildman–Crippen MR) is 61.5 cm³/mol. The maximum absolute atomic E-state index is 11.6. The molecule has 1 aliphatic heterocycles. The lowest BCUT2D eigenvalue weighted by molar-refractivity contribution is -0.125. The summed E-state index contributed by atoms with van der Waals surface area (Å²) < 4.78 is 0. The SMILES string of the molecule is CCNC(=O)C(C)N1CCC(CCN)C1. The first kappa shape index (κ1) is 12.5. The van der Waals surface area contributed by atoms with Gasteiger partial charge in [-0.1, -0.05) is 0 Å². The van der Waals surface area contributed by atoms with Gasteiger partial charge < -0.3 is 11.1 Å². The summed E-state index contributed by atoms with van der Waals surface area (Å²) in [5, 5.41) is 2.86. The van der Waals surface area contributed by atoms with Crippen molar-refractivity contribution in [3.05, 3.63) is 0 Å². The fraction of sp³-hybridized carbons (Fsp3) is 0.909. The van der Waals surface area contributed by atoms with Gasteiger partial charge in [0.05, 0.1) is 6.04 Å². The van der Waals surface area contributed by atoms with Crippen LogP contribution in [0.2, 0.25) is 0 Å². The Morgan fingerprint density at radius 2 is 2.40 bits per heavy atom. The summed E-state index contributed by atoms with van der Waals surface area (Å²) in [5.74, 6) is 0.831. The quantitative estimate of drug-likeness (QED) is 0.685. The third-order valence-corrected chi connectivity index (χ3v) is 3.17. The maximum Gasteiger partial charge on any atom is 0.237 e. The van der Waals surface area contributed by atoms with Crippen LogP contribution in [0, 0.1) is 5.92 Å². The molecular weight excluding hydrogens is 190 g/mol. The Bertz CT molecular complexity index is 208. The van der Waals surface area contributed by atoms with Gasteiger partial charge in [-0.15, -0.1) is 0 Å². The molecule has 1 heterocycles. The van der Waals surface area contributed by atoms with Crippen LogP contribution in [0.4, 0.5) is 0 Å². The first-order valence-corrected chi connectivity index (χ1v) is 5.90. The van der Waals surface area contributed by atoms with E-state index in [1.807, 2.05) is 13.8 Å². The highest BCUT2D eigenvalue weighted by Gasteiger charge is 2.28. The van der Waals surface area contributed by atoms with Crippen LogP contribution < -0.4 is 11.1 Å². The van der Waals surface area contributed by atoms with Gasteiger partial charge in [-0.2, -0.15) is 0 Å². The monoisotopic (exact) mass is 213 g/mol. The molecule has 1 saturated heterocycles. The Kier molecular flexibility index (Phi) is 5.05. The van der Waals surface area contributed by atoms with Gasteiger partial charge in [0.15, 0.2) is 0 Å². The van der Waals surface area contributed by atoms with E-state index in [0.29, 0.717) is 12.5 Å². The lowest BCUT2D eigenvalue weighted by atomic mass is 10.1. The van der Waals surface area contributed by atoms with Gasteiger partial charge in [0.1, 0.15) is 0 Å². The third kappa shape index (κ3) is 3.47. The van der Waals surface area contributed by atoms with Crippen molar-refractivity contribution in [1.29, 1.82) is 0 Å². The second kappa shape index (κ2) is 6.08. The maximum atomic E-state index is 11.6. The van der Waals surface area contributed by atoms with Gasteiger partial charge in [0.2, 0.25) is 5.91 Å². The average Bonchev–Trinajstić information content (AvgIpc) is 2.66. The van der Waals surface area contributed by atoms with E-state index in [9.17, 15) is 4.79 Å². The van der Waals surface area contributed by atoms with Crippen molar-refractivity contribution < 1.29 is 4.79 Å². The van der Waals surface area contributed by atoms with E-state index in [4.69, 9.17) is 5.73 Å². The van der Waals surface area contributed by atoms with Crippen molar-refractivity contribution in [2.75, 3.05) is 26.2 Å². The number of nitrogens with two attached hydrogens (primary N) is 1. The molecule has 0 aromatic carbocycles. The standard InChI is InChI=1S/C11H23N3O/c1-3-13-11(15)9(2)14-7-5-10(8-14)4-6-12/h9-10H,3-8,12H2,1-2H3,(H,13,15). The molecule has 1 rings (SSSR count). The predicted octanol–water partition coefficient (Wildman–Crippen LogP) is 0.182. The molecule has 88 valence electrons. The van der Waals surface area contributed by atoms with Crippen molar-refractivity contribution in [2.45, 2.75) is 32.7 Å². The highest BCUT2D eigenvalue weighted by Crippen LogP contribution is 2.20. The van der Waals surface area contributed by atoms with E-state index in [-0.39, 0.29) is 11.9 Å². The average molecular weight is 213 g/mol. The number of amides is 1. The Labute approximate surface area is 92.2 Å². The molecule has 0 aromatic heterocycles. The Morgan fingerprint density at radius 3 is 3.00 bits per heavy atom. The largest absolute Gasteiger partial charge is 0.355 e. The fourth-order valence-corrected chi connectivity index (χ4v) is 2.17. The lowest BCUT2D eigenvalue weighted by Crippen LogP contribution is -2.44. The van der Waals surface area contributed by atoms with Gasteiger partial charge in [-0.25, -0.2) is 0 Å². The zero-order valence-corrected chi connectivity index (χ0v) is 9.83. The van der Waals surface area contributed by atoms with E-state index in [1.54, 1.807) is 0 Å². The molecule has 1 amide bonds. The van der Waals surface area contributed by atoms with Gasteiger partial charge in [-0.05, 0) is 45.7 Å². The Morgan fingerprint density at radius 1 is 1.67 bits per heavy atom. The summed E-state index contributed by atoms with van der Waals surface area (Å²) in [5.41, 5.74) is 5.54. The van der Waals surface area contributed by atoms with Crippen LogP contribution in [-0.2, 0) is 4.79 Å². The summed E-state index contributed by atoms with van der Waals surface area (Å²) in [6, 6.07) is 0.00715. The van der Waals surface area contributed by atoms with Gasteiger partial charge in [0.25, 0.3) is 0 Å². The van der Waals surface area contributed by atoms with Crippen LogP contribution in [0.3, 0.4) is 0 Å². The molecule has 0 aromatic rings. The van der Waals surface area contributed by atoms with Crippen molar-refractivity contribution in [3.63, 3.8) is 0 Å². The first-order valence-electron chi connectivity index (χ1n) is 5.90. The topological polar surface area (TPSA) is 58.4 Å². The molecule has 4 nitrogen and oxygen atoms in total. The molecule has 2 atom stereocenters. The Balaban J connectivity index is 2.35. The lowest BCUT2D eigenvalue weighted by Gasteiger charge is -2.23. The number of carbonyl (C=O) groups excluding carboxylic acids is 1. The molecule has 1 fully saturated rings. The molecule has 0 radical (unpaired) electrons. The number of hydrogen-bond acceptors (Lipinski definition) is 3. The van der Waals surface area contributed by atoms with Crippen LogP contribution in [0.25, 0.3) is 0 Å². The summed E-state index contributed by atoms with van der Waals surface area (Å²) in [4.78, 5) is 13.9. The third-order valence-electron chi connectivity index (χ3n) is 3.17. The molecule has 3 N–H and O–H groups in total. The van der Waals surface area contributed by atoms with E-state index < -0.39 is 0 Å². The molecule has 1 aliphatic rings. The second-order valence-electron chi connectivity index (χ2n) is 4.30. The molecule has 2 unspecified atom stereocenters. The van der Waals surface area contributed by atoms with Crippen LogP contribution >= 0.6 is 0 Å². The number of rotatable bonds is 5. The van der Waals surface area contributed by atoms with Crippen LogP contribution in [0.1, 0.15) is 26.7 Å². The molecular formula is C11H23N3O. The van der Waals surface area contributed by atoms with Crippen LogP contribution in [-0.4, -0.2) is 43.0 Å². The molecule has 0 saturated carbocycles. The first-order chi connectivity index (χ1) is 7.19. The van der Waals surface area contributed by atoms with Gasteiger partial charge >= 0.3 is 0 Å². The zero-order chi connectivity index (χ0) is 11.3. The fourth-order valence-electron chi connectivity index (χ4n) is 2.17. The minimum Gasteiger partial charge on any atom is -0.355 e. The molecule has 0 spiro atoms. The van der Waals surface area contributed by atoms with E-state index >= 15 is 0 Å². The summed E-state index contributed by atoms with van der Waals surface area (Å²) in [6.07, 6.45) is 2.26. The van der Waals surface area contributed by atoms with Gasteiger partial charge in [-0.3, -0.25) is 9.69 Å². The number of likely N-dealkylation sites (N-methyl/N-ethyl adjacent to an activating group) is 1. The summed E-state index contributed by atoms with van der Waals surface area (Å²) in [7, 11) is 0. The van der Waals surface area contributed by atoms with Crippen LogP contribution in [0.15, 0.2) is 0 Å². The summed E-state index contributed by atoms with van der Waals surface area (Å²) in [6.45, 7) is 7.46. The van der Waals surface area contributed by atoms with E-state index in [0.717, 1.165) is 26.1 Å².